The van der Waals surface area contributed by atoms with Crippen LogP contribution in [0, 0.1) is 0 Å². The first-order chi connectivity index (χ1) is 29.7. The molecule has 0 fully saturated rings. The molecular formula is C58H37NO. The van der Waals surface area contributed by atoms with Crippen molar-refractivity contribution in [1.29, 1.82) is 0 Å². The summed E-state index contributed by atoms with van der Waals surface area (Å²) in [6.45, 7) is 0. The summed E-state index contributed by atoms with van der Waals surface area (Å²) < 4.78 is 6.39. The fourth-order valence-electron chi connectivity index (χ4n) is 9.41. The van der Waals surface area contributed by atoms with E-state index in [9.17, 15) is 0 Å². The Morgan fingerprint density at radius 2 is 0.817 bits per heavy atom. The number of furan rings is 1. The first kappa shape index (κ1) is 34.1. The zero-order valence-corrected chi connectivity index (χ0v) is 32.7. The summed E-state index contributed by atoms with van der Waals surface area (Å²) in [6, 6.07) is 81.2. The first-order valence-corrected chi connectivity index (χ1v) is 20.6. The second kappa shape index (κ2) is 13.9. The summed E-state index contributed by atoms with van der Waals surface area (Å²) in [6.07, 6.45) is 0. The van der Waals surface area contributed by atoms with Crippen LogP contribution in [0.2, 0.25) is 0 Å². The van der Waals surface area contributed by atoms with E-state index in [2.05, 4.69) is 223 Å². The third-order valence-electron chi connectivity index (χ3n) is 12.2. The molecule has 0 aliphatic heterocycles. The quantitative estimate of drug-likeness (QED) is 0.157. The predicted octanol–water partition coefficient (Wildman–Crippen LogP) is 16.7. The van der Waals surface area contributed by atoms with E-state index >= 15 is 0 Å². The highest BCUT2D eigenvalue weighted by Crippen LogP contribution is 2.44. The fourth-order valence-corrected chi connectivity index (χ4v) is 9.41. The number of hydrogen-bond donors (Lipinski definition) is 0. The zero-order valence-electron chi connectivity index (χ0n) is 32.7. The number of nitrogens with zero attached hydrogens (tertiary/aromatic N) is 1. The molecule has 11 aromatic carbocycles. The van der Waals surface area contributed by atoms with E-state index < -0.39 is 0 Å². The lowest BCUT2D eigenvalue weighted by molar-refractivity contribution is 0.669. The number of fused-ring (bicyclic) bond motifs is 11. The van der Waals surface area contributed by atoms with Crippen LogP contribution in [0.15, 0.2) is 229 Å². The number of hydrogen-bond acceptors (Lipinski definition) is 2. The highest BCUT2D eigenvalue weighted by Gasteiger charge is 2.18. The van der Waals surface area contributed by atoms with Crippen LogP contribution < -0.4 is 4.90 Å². The maximum atomic E-state index is 6.39. The Morgan fingerprint density at radius 3 is 1.63 bits per heavy atom. The van der Waals surface area contributed by atoms with Gasteiger partial charge in [-0.2, -0.15) is 0 Å². The van der Waals surface area contributed by atoms with E-state index in [4.69, 9.17) is 4.42 Å². The van der Waals surface area contributed by atoms with Crippen LogP contribution in [0.1, 0.15) is 0 Å². The van der Waals surface area contributed by atoms with Gasteiger partial charge in [-0.3, -0.25) is 0 Å². The van der Waals surface area contributed by atoms with Crippen molar-refractivity contribution in [3.05, 3.63) is 224 Å². The molecule has 0 spiro atoms. The van der Waals surface area contributed by atoms with Crippen LogP contribution in [0.3, 0.4) is 0 Å². The molecule has 1 heterocycles. The minimum absolute atomic E-state index is 0.914. The summed E-state index contributed by atoms with van der Waals surface area (Å²) in [4.78, 5) is 2.37. The van der Waals surface area contributed by atoms with E-state index in [-0.39, 0.29) is 0 Å². The highest BCUT2D eigenvalue weighted by molar-refractivity contribution is 6.34. The van der Waals surface area contributed by atoms with Gasteiger partial charge in [-0.1, -0.05) is 164 Å². The van der Waals surface area contributed by atoms with Crippen molar-refractivity contribution in [2.45, 2.75) is 0 Å². The molecule has 0 aliphatic carbocycles. The highest BCUT2D eigenvalue weighted by atomic mass is 16.3. The van der Waals surface area contributed by atoms with Crippen LogP contribution in [-0.4, -0.2) is 0 Å². The van der Waals surface area contributed by atoms with E-state index in [0.717, 1.165) is 39.2 Å². The third kappa shape index (κ3) is 5.57. The standard InChI is InChI=1S/C58H37NO/c1-2-12-38(13-3-1)39-24-29-44(30-25-39)59(45-31-26-41(27-32-45)48-22-11-15-40-14-4-5-18-47(40)48)46-17-10-16-42(36-46)43-28-33-50-49-19-6-7-20-51(49)57-52(54(50)37-43)34-35-56-58(57)53-21-8-9-23-55(53)60-56/h1-37H. The summed E-state index contributed by atoms with van der Waals surface area (Å²) in [7, 11) is 0. The van der Waals surface area contributed by atoms with Crippen LogP contribution in [-0.2, 0) is 0 Å². The largest absolute Gasteiger partial charge is 0.456 e. The summed E-state index contributed by atoms with van der Waals surface area (Å²) in [5.41, 5.74) is 12.3. The Hall–Kier alpha value is -7.94. The van der Waals surface area contributed by atoms with Crippen molar-refractivity contribution in [2.75, 3.05) is 4.90 Å². The van der Waals surface area contributed by atoms with E-state index in [1.807, 2.05) is 6.07 Å². The average molecular weight is 764 g/mol. The zero-order chi connectivity index (χ0) is 39.6. The van der Waals surface area contributed by atoms with Gasteiger partial charge >= 0.3 is 0 Å². The maximum Gasteiger partial charge on any atom is 0.136 e. The minimum Gasteiger partial charge on any atom is -0.456 e. The molecule has 60 heavy (non-hydrogen) atoms. The Labute approximate surface area is 347 Å². The smallest absolute Gasteiger partial charge is 0.136 e. The molecule has 12 aromatic rings. The van der Waals surface area contributed by atoms with Gasteiger partial charge < -0.3 is 9.32 Å². The molecule has 0 amide bonds. The molecule has 0 bridgehead atoms. The summed E-state index contributed by atoms with van der Waals surface area (Å²) in [5.74, 6) is 0. The van der Waals surface area contributed by atoms with Gasteiger partial charge in [-0.05, 0) is 132 Å². The topological polar surface area (TPSA) is 16.4 Å². The van der Waals surface area contributed by atoms with Gasteiger partial charge in [-0.25, -0.2) is 0 Å². The lowest BCUT2D eigenvalue weighted by atomic mass is 9.90. The molecule has 2 heteroatoms. The molecule has 0 N–H and O–H groups in total. The van der Waals surface area contributed by atoms with Crippen molar-refractivity contribution < 1.29 is 4.42 Å². The Kier molecular flexibility index (Phi) is 7.89. The molecule has 0 radical (unpaired) electrons. The van der Waals surface area contributed by atoms with Gasteiger partial charge in [0.2, 0.25) is 0 Å². The second-order valence-electron chi connectivity index (χ2n) is 15.6. The van der Waals surface area contributed by atoms with Gasteiger partial charge in [0, 0.05) is 33.2 Å². The molecule has 280 valence electrons. The fraction of sp³-hybridized carbons (Fsp3) is 0. The minimum atomic E-state index is 0.914. The van der Waals surface area contributed by atoms with Crippen molar-refractivity contribution in [1.82, 2.24) is 0 Å². The van der Waals surface area contributed by atoms with Crippen molar-refractivity contribution in [3.63, 3.8) is 0 Å². The molecule has 0 unspecified atom stereocenters. The van der Waals surface area contributed by atoms with Crippen LogP contribution in [0.25, 0.3) is 98.4 Å². The second-order valence-corrected chi connectivity index (χ2v) is 15.6. The molecule has 0 saturated carbocycles. The SMILES string of the molecule is c1ccc(-c2ccc(N(c3ccc(-c4cccc5ccccc45)cc3)c3cccc(-c4ccc5c6ccccc6c6c(ccc7oc8ccccc8c76)c5c4)c3)cc2)cc1. The molecule has 2 nitrogen and oxygen atoms in total. The van der Waals surface area contributed by atoms with E-state index in [1.54, 1.807) is 0 Å². The molecule has 12 rings (SSSR count). The van der Waals surface area contributed by atoms with Gasteiger partial charge in [0.15, 0.2) is 0 Å². The van der Waals surface area contributed by atoms with Gasteiger partial charge in [0.25, 0.3) is 0 Å². The third-order valence-corrected chi connectivity index (χ3v) is 12.2. The van der Waals surface area contributed by atoms with E-state index in [1.165, 1.54) is 76.3 Å². The molecular weight excluding hydrogens is 727 g/mol. The molecule has 0 atom stereocenters. The lowest BCUT2D eigenvalue weighted by Gasteiger charge is -2.26. The van der Waals surface area contributed by atoms with Crippen LogP contribution in [0.4, 0.5) is 17.1 Å². The van der Waals surface area contributed by atoms with Crippen molar-refractivity contribution >= 4 is 82.1 Å². The van der Waals surface area contributed by atoms with Crippen LogP contribution in [0.5, 0.6) is 0 Å². The molecule has 1 aromatic heterocycles. The molecule has 0 saturated heterocycles. The van der Waals surface area contributed by atoms with Crippen molar-refractivity contribution in [2.24, 2.45) is 0 Å². The predicted molar refractivity (Wildman–Crippen MR) is 255 cm³/mol. The van der Waals surface area contributed by atoms with Crippen molar-refractivity contribution in [3.8, 4) is 33.4 Å². The maximum absolute atomic E-state index is 6.39. The normalized spacial score (nSPS) is 11.7. The van der Waals surface area contributed by atoms with E-state index in [0.29, 0.717) is 0 Å². The number of rotatable bonds is 6. The van der Waals surface area contributed by atoms with Gasteiger partial charge in [-0.15, -0.1) is 0 Å². The first-order valence-electron chi connectivity index (χ1n) is 20.6. The van der Waals surface area contributed by atoms with Crippen LogP contribution >= 0.6 is 0 Å². The molecule has 0 aliphatic rings. The monoisotopic (exact) mass is 763 g/mol. The Morgan fingerprint density at radius 1 is 0.267 bits per heavy atom. The van der Waals surface area contributed by atoms with Gasteiger partial charge in [0.05, 0.1) is 0 Å². The number of para-hydroxylation sites is 1. The lowest BCUT2D eigenvalue weighted by Crippen LogP contribution is -2.10. The Bertz CT molecular complexity index is 3580. The summed E-state index contributed by atoms with van der Waals surface area (Å²) >= 11 is 0. The number of anilines is 3. The summed E-state index contributed by atoms with van der Waals surface area (Å²) in [5, 5.41) is 12.3. The number of benzene rings is 11. The Balaban J connectivity index is 1.01. The van der Waals surface area contributed by atoms with Gasteiger partial charge in [0.1, 0.15) is 11.2 Å². The average Bonchev–Trinajstić information content (AvgIpc) is 3.71.